The number of nitrogens with zero attached hydrogens (tertiary/aromatic N) is 3. The predicted molar refractivity (Wildman–Crippen MR) is 132 cm³/mol. The summed E-state index contributed by atoms with van der Waals surface area (Å²) in [5, 5.41) is 27.3. The molecule has 0 fully saturated rings. The van der Waals surface area contributed by atoms with Crippen molar-refractivity contribution in [3.8, 4) is 5.69 Å². The molecule has 1 atom stereocenters. The molecule has 0 saturated heterocycles. The number of carboxylic acids is 1. The molecule has 0 aliphatic heterocycles. The average Bonchev–Trinajstić information content (AvgIpc) is 3.32. The molecular weight excluding hydrogens is 511 g/mol. The van der Waals surface area contributed by atoms with Crippen LogP contribution in [0.5, 0.6) is 0 Å². The number of nitrogens with one attached hydrogen (secondary N) is 1. The zero-order valence-corrected chi connectivity index (χ0v) is 20.0. The first-order valence-corrected chi connectivity index (χ1v) is 11.5. The van der Waals surface area contributed by atoms with Crippen molar-refractivity contribution in [1.82, 2.24) is 9.78 Å². The fourth-order valence-corrected chi connectivity index (χ4v) is 4.08. The van der Waals surface area contributed by atoms with Crippen LogP contribution in [-0.2, 0) is 0 Å². The molecular formula is C26H23F5N4O3. The number of likely N-dealkylation sites (N-methyl/N-ethyl adjacent to an activating group) is 1. The molecule has 0 aliphatic rings. The van der Waals surface area contributed by atoms with E-state index >= 15 is 0 Å². The molecule has 3 N–H and O–H groups in total. The maximum absolute atomic E-state index is 14.3. The molecule has 0 spiro atoms. The largest absolute Gasteiger partial charge is 0.478 e. The molecule has 12 heteroatoms. The lowest BCUT2D eigenvalue weighted by Crippen LogP contribution is -2.58. The van der Waals surface area contributed by atoms with E-state index in [1.807, 2.05) is 0 Å². The Morgan fingerprint density at radius 1 is 1.08 bits per heavy atom. The van der Waals surface area contributed by atoms with Crippen LogP contribution >= 0.6 is 0 Å². The average molecular weight is 534 g/mol. The lowest BCUT2D eigenvalue weighted by Gasteiger charge is -2.36. The van der Waals surface area contributed by atoms with Crippen LogP contribution in [0.25, 0.3) is 16.6 Å². The normalized spacial score (nSPS) is 13.3. The number of halogens is 5. The fraction of sp³-hybridized carbons (Fsp3) is 0.231. The van der Waals surface area contributed by atoms with Gasteiger partial charge in [0.25, 0.3) is 0 Å². The second-order valence-corrected chi connectivity index (χ2v) is 8.64. The van der Waals surface area contributed by atoms with E-state index in [4.69, 9.17) is 0 Å². The van der Waals surface area contributed by atoms with Crippen LogP contribution < -0.4 is 10.2 Å². The zero-order valence-electron chi connectivity index (χ0n) is 20.0. The Morgan fingerprint density at radius 2 is 1.82 bits per heavy atom. The highest BCUT2D eigenvalue weighted by Gasteiger charge is 2.54. The first-order valence-electron chi connectivity index (χ1n) is 11.5. The van der Waals surface area contributed by atoms with Gasteiger partial charge in [0, 0.05) is 23.7 Å². The number of hydrogen-bond donors (Lipinski definition) is 3. The van der Waals surface area contributed by atoms with Gasteiger partial charge in [-0.2, -0.15) is 18.3 Å². The van der Waals surface area contributed by atoms with Crippen LogP contribution in [0.15, 0.2) is 66.9 Å². The summed E-state index contributed by atoms with van der Waals surface area (Å²) in [6.45, 7) is -0.722. The number of hydrogen-bond acceptors (Lipinski definition) is 5. The molecule has 1 heterocycles. The third-order valence-electron chi connectivity index (χ3n) is 6.13. The standard InChI is InChI=1S/C26H23F5N4O3/c1-2-34(23-12-17(27)9-10-20(23)28)15-25(38,26(29,30)31)14-32-21-7-4-8-22-19(21)13-33-35(22)18-6-3-5-16(11-18)24(36)37/h3-13,32,38H,2,14-15H2,1H3,(H,36,37). The van der Waals surface area contributed by atoms with E-state index in [9.17, 15) is 37.0 Å². The Labute approximate surface area is 213 Å². The van der Waals surface area contributed by atoms with Crippen LogP contribution in [0.2, 0.25) is 0 Å². The SMILES string of the molecule is CCN(CC(O)(CNc1cccc2c1cnn2-c1cccc(C(=O)O)c1)C(F)(F)F)c1cc(F)ccc1F. The van der Waals surface area contributed by atoms with Gasteiger partial charge in [-0.1, -0.05) is 12.1 Å². The third kappa shape index (κ3) is 5.25. The Hall–Kier alpha value is -4.19. The first kappa shape index (κ1) is 26.9. The summed E-state index contributed by atoms with van der Waals surface area (Å²) < 4.78 is 71.7. The van der Waals surface area contributed by atoms with Gasteiger partial charge in [0.15, 0.2) is 5.60 Å². The smallest absolute Gasteiger partial charge is 0.420 e. The maximum Gasteiger partial charge on any atom is 0.420 e. The molecule has 0 saturated carbocycles. The molecule has 38 heavy (non-hydrogen) atoms. The number of carboxylic acid groups (broad SMARTS) is 1. The van der Waals surface area contributed by atoms with Crippen molar-refractivity contribution in [2.75, 3.05) is 29.9 Å². The summed E-state index contributed by atoms with van der Waals surface area (Å²) in [4.78, 5) is 12.2. The van der Waals surface area contributed by atoms with Gasteiger partial charge in [0.2, 0.25) is 0 Å². The minimum absolute atomic E-state index is 0.0332. The highest BCUT2D eigenvalue weighted by Crippen LogP contribution is 2.34. The number of benzene rings is 3. The second-order valence-electron chi connectivity index (χ2n) is 8.64. The van der Waals surface area contributed by atoms with Crippen LogP contribution in [0.4, 0.5) is 33.3 Å². The number of carbonyl (C=O) groups is 1. The number of aliphatic hydroxyl groups is 1. The van der Waals surface area contributed by atoms with Gasteiger partial charge < -0.3 is 20.4 Å². The van der Waals surface area contributed by atoms with E-state index in [2.05, 4.69) is 10.4 Å². The lowest BCUT2D eigenvalue weighted by atomic mass is 10.0. The van der Waals surface area contributed by atoms with E-state index in [0.717, 1.165) is 23.1 Å². The zero-order chi connectivity index (χ0) is 27.7. The Balaban J connectivity index is 1.64. The summed E-state index contributed by atoms with van der Waals surface area (Å²) in [6, 6.07) is 13.1. The molecule has 4 rings (SSSR count). The summed E-state index contributed by atoms with van der Waals surface area (Å²) in [6.07, 6.45) is -3.72. The van der Waals surface area contributed by atoms with Crippen molar-refractivity contribution in [2.45, 2.75) is 18.7 Å². The molecule has 0 aliphatic carbocycles. The Morgan fingerprint density at radius 3 is 2.50 bits per heavy atom. The molecule has 0 bridgehead atoms. The highest BCUT2D eigenvalue weighted by molar-refractivity contribution is 5.93. The van der Waals surface area contributed by atoms with Crippen molar-refractivity contribution >= 4 is 28.2 Å². The van der Waals surface area contributed by atoms with E-state index in [-0.39, 0.29) is 17.8 Å². The van der Waals surface area contributed by atoms with Gasteiger partial charge in [-0.15, -0.1) is 0 Å². The Bertz CT molecular complexity index is 1470. The van der Waals surface area contributed by atoms with Gasteiger partial charge in [0.1, 0.15) is 11.6 Å². The van der Waals surface area contributed by atoms with Crippen molar-refractivity contribution in [1.29, 1.82) is 0 Å². The van der Waals surface area contributed by atoms with Crippen LogP contribution in [0.1, 0.15) is 17.3 Å². The van der Waals surface area contributed by atoms with Gasteiger partial charge in [-0.05, 0) is 49.4 Å². The molecule has 1 aromatic heterocycles. The van der Waals surface area contributed by atoms with Gasteiger partial charge in [-0.3, -0.25) is 0 Å². The number of aromatic nitrogens is 2. The van der Waals surface area contributed by atoms with E-state index in [1.165, 1.54) is 36.0 Å². The topological polar surface area (TPSA) is 90.6 Å². The summed E-state index contributed by atoms with van der Waals surface area (Å²) in [7, 11) is 0. The fourth-order valence-electron chi connectivity index (χ4n) is 4.08. The van der Waals surface area contributed by atoms with Crippen molar-refractivity contribution < 1.29 is 37.0 Å². The molecule has 7 nitrogen and oxygen atoms in total. The van der Waals surface area contributed by atoms with Gasteiger partial charge >= 0.3 is 12.1 Å². The van der Waals surface area contributed by atoms with Crippen molar-refractivity contribution in [2.24, 2.45) is 0 Å². The first-order chi connectivity index (χ1) is 17.9. The van der Waals surface area contributed by atoms with Gasteiger partial charge in [0.05, 0.1) is 41.7 Å². The minimum atomic E-state index is -5.12. The molecule has 4 aromatic rings. The summed E-state index contributed by atoms with van der Waals surface area (Å²) in [5.41, 5.74) is -2.57. The molecule has 0 radical (unpaired) electrons. The number of anilines is 2. The lowest BCUT2D eigenvalue weighted by molar-refractivity contribution is -0.250. The minimum Gasteiger partial charge on any atom is -0.478 e. The molecule has 3 aromatic carbocycles. The Kier molecular flexibility index (Phi) is 7.27. The summed E-state index contributed by atoms with van der Waals surface area (Å²) in [5.74, 6) is -2.88. The highest BCUT2D eigenvalue weighted by atomic mass is 19.4. The van der Waals surface area contributed by atoms with Crippen molar-refractivity contribution in [3.05, 3.63) is 84.1 Å². The summed E-state index contributed by atoms with van der Waals surface area (Å²) >= 11 is 0. The molecule has 0 amide bonds. The van der Waals surface area contributed by atoms with Gasteiger partial charge in [-0.25, -0.2) is 18.3 Å². The monoisotopic (exact) mass is 534 g/mol. The van der Waals surface area contributed by atoms with E-state index in [1.54, 1.807) is 24.3 Å². The number of alkyl halides is 3. The number of fused-ring (bicyclic) bond motifs is 1. The van der Waals surface area contributed by atoms with Crippen molar-refractivity contribution in [3.63, 3.8) is 0 Å². The predicted octanol–water partition coefficient (Wildman–Crippen LogP) is 5.23. The molecule has 1 unspecified atom stereocenters. The van der Waals surface area contributed by atoms with Crippen LogP contribution in [-0.4, -0.2) is 57.4 Å². The maximum atomic E-state index is 14.3. The molecule has 200 valence electrons. The van der Waals surface area contributed by atoms with Crippen LogP contribution in [0.3, 0.4) is 0 Å². The second kappa shape index (κ2) is 10.3. The van der Waals surface area contributed by atoms with Crippen LogP contribution in [0, 0.1) is 11.6 Å². The third-order valence-corrected chi connectivity index (χ3v) is 6.13. The quantitative estimate of drug-likeness (QED) is 0.255. The van der Waals surface area contributed by atoms with E-state index < -0.39 is 48.2 Å². The number of rotatable bonds is 9. The van der Waals surface area contributed by atoms with E-state index in [0.29, 0.717) is 16.6 Å². The number of aromatic carboxylic acids is 1.